The SMILES string of the molecule is COc1cc(C)c(S(=O)(=O)[C@H]2CS(=O)(=O)C[C@@H]2NCC(c2cccs2)N(C)C)cc1C. The number of sulfone groups is 2. The Balaban J connectivity index is 1.90. The summed E-state index contributed by atoms with van der Waals surface area (Å²) in [5.41, 5.74) is 1.25. The van der Waals surface area contributed by atoms with Crippen LogP contribution in [0.5, 0.6) is 5.75 Å². The molecule has 7 nitrogen and oxygen atoms in total. The molecule has 3 rings (SSSR count). The number of nitrogens with zero attached hydrogens (tertiary/aromatic N) is 1. The maximum atomic E-state index is 13.6. The first-order chi connectivity index (χ1) is 14.5. The van der Waals surface area contributed by atoms with Crippen LogP contribution in [-0.2, 0) is 19.7 Å². The van der Waals surface area contributed by atoms with Gasteiger partial charge in [0.2, 0.25) is 0 Å². The van der Waals surface area contributed by atoms with Crippen molar-refractivity contribution in [1.29, 1.82) is 0 Å². The second-order valence-electron chi connectivity index (χ2n) is 8.26. The van der Waals surface area contributed by atoms with Gasteiger partial charge in [0.25, 0.3) is 0 Å². The van der Waals surface area contributed by atoms with E-state index in [0.717, 1.165) is 4.88 Å². The van der Waals surface area contributed by atoms with E-state index in [9.17, 15) is 16.8 Å². The maximum absolute atomic E-state index is 13.6. The largest absolute Gasteiger partial charge is 0.496 e. The lowest BCUT2D eigenvalue weighted by molar-refractivity contribution is 0.285. The van der Waals surface area contributed by atoms with Crippen LogP contribution in [0.25, 0.3) is 0 Å². The average molecular weight is 487 g/mol. The molecule has 0 bridgehead atoms. The molecule has 1 fully saturated rings. The zero-order chi connectivity index (χ0) is 23.0. The van der Waals surface area contributed by atoms with Crippen LogP contribution in [0.1, 0.15) is 22.0 Å². The van der Waals surface area contributed by atoms with E-state index in [1.54, 1.807) is 37.3 Å². The number of rotatable bonds is 8. The summed E-state index contributed by atoms with van der Waals surface area (Å²) in [4.78, 5) is 3.35. The molecule has 0 saturated carbocycles. The zero-order valence-corrected chi connectivity index (χ0v) is 20.9. The van der Waals surface area contributed by atoms with Crippen LogP contribution in [0, 0.1) is 13.8 Å². The fourth-order valence-corrected chi connectivity index (χ4v) is 10.00. The summed E-state index contributed by atoms with van der Waals surface area (Å²) >= 11 is 1.62. The molecule has 1 aromatic carbocycles. The van der Waals surface area contributed by atoms with E-state index in [1.165, 1.54) is 7.11 Å². The van der Waals surface area contributed by atoms with Crippen LogP contribution in [0.2, 0.25) is 0 Å². The Morgan fingerprint density at radius 2 is 1.94 bits per heavy atom. The molecule has 2 aromatic rings. The monoisotopic (exact) mass is 486 g/mol. The number of hydrogen-bond acceptors (Lipinski definition) is 8. The molecule has 10 heteroatoms. The van der Waals surface area contributed by atoms with Gasteiger partial charge in [-0.25, -0.2) is 16.8 Å². The number of methoxy groups -OCH3 is 1. The Bertz CT molecular complexity index is 1130. The quantitative estimate of drug-likeness (QED) is 0.611. The highest BCUT2D eigenvalue weighted by Crippen LogP contribution is 2.32. The Kier molecular flexibility index (Phi) is 7.17. The molecule has 172 valence electrons. The van der Waals surface area contributed by atoms with Crippen LogP contribution in [-0.4, -0.2) is 72.3 Å². The Morgan fingerprint density at radius 3 is 2.52 bits per heavy atom. The van der Waals surface area contributed by atoms with Crippen molar-refractivity contribution in [3.63, 3.8) is 0 Å². The molecular formula is C21H30N2O5S3. The normalized spacial score (nSPS) is 22.0. The molecule has 1 aromatic heterocycles. The predicted molar refractivity (Wildman–Crippen MR) is 125 cm³/mol. The van der Waals surface area contributed by atoms with Crippen molar-refractivity contribution >= 4 is 31.0 Å². The number of aryl methyl sites for hydroxylation is 2. The second kappa shape index (κ2) is 9.19. The van der Waals surface area contributed by atoms with Crippen molar-refractivity contribution in [3.05, 3.63) is 45.6 Å². The molecule has 0 spiro atoms. The van der Waals surface area contributed by atoms with Crippen LogP contribution >= 0.6 is 11.3 Å². The summed E-state index contributed by atoms with van der Waals surface area (Å²) in [6, 6.07) is 6.63. The third kappa shape index (κ3) is 5.14. The molecule has 0 radical (unpaired) electrons. The van der Waals surface area contributed by atoms with Crippen molar-refractivity contribution in [3.8, 4) is 5.75 Å². The summed E-state index contributed by atoms with van der Waals surface area (Å²) in [6.45, 7) is 3.95. The lowest BCUT2D eigenvalue weighted by Gasteiger charge is -2.27. The number of hydrogen-bond donors (Lipinski definition) is 1. The number of thiophene rings is 1. The lowest BCUT2D eigenvalue weighted by Crippen LogP contribution is -2.46. The first kappa shape index (κ1) is 24.2. The number of benzene rings is 1. The molecule has 1 aliphatic heterocycles. The average Bonchev–Trinajstić information content (AvgIpc) is 3.31. The van der Waals surface area contributed by atoms with Gasteiger partial charge in [0.05, 0.1) is 34.8 Å². The van der Waals surface area contributed by atoms with Crippen LogP contribution in [0.3, 0.4) is 0 Å². The summed E-state index contributed by atoms with van der Waals surface area (Å²) < 4.78 is 57.3. The van der Waals surface area contributed by atoms with Gasteiger partial charge in [-0.1, -0.05) is 6.07 Å². The standard InChI is InChI=1S/C21H30N2O5S3/c1-14-10-20(15(2)9-18(14)28-5)31(26,27)21-13-30(24,25)12-16(21)22-11-17(23(3)4)19-7-6-8-29-19/h6-10,16-17,21-22H,11-13H2,1-5H3/t16-,17?,21-/m0/s1. The molecule has 1 unspecified atom stereocenters. The first-order valence-corrected chi connectivity index (χ1v) is 14.2. The second-order valence-corrected chi connectivity index (χ2v) is 13.5. The van der Waals surface area contributed by atoms with Gasteiger partial charge in [0.1, 0.15) is 5.75 Å². The molecule has 1 aliphatic rings. The van der Waals surface area contributed by atoms with Gasteiger partial charge >= 0.3 is 0 Å². The smallest absolute Gasteiger partial charge is 0.184 e. The minimum Gasteiger partial charge on any atom is -0.496 e. The van der Waals surface area contributed by atoms with Gasteiger partial charge in [0, 0.05) is 17.5 Å². The van der Waals surface area contributed by atoms with E-state index in [1.807, 2.05) is 36.5 Å². The lowest BCUT2D eigenvalue weighted by atomic mass is 10.1. The molecule has 2 heterocycles. The van der Waals surface area contributed by atoms with Crippen molar-refractivity contribution in [2.75, 3.05) is 39.3 Å². The minimum absolute atomic E-state index is 0.0247. The van der Waals surface area contributed by atoms with Gasteiger partial charge in [-0.15, -0.1) is 11.3 Å². The Morgan fingerprint density at radius 1 is 1.23 bits per heavy atom. The third-order valence-corrected chi connectivity index (χ3v) is 11.0. The molecule has 31 heavy (non-hydrogen) atoms. The first-order valence-electron chi connectivity index (χ1n) is 9.99. The molecule has 1 N–H and O–H groups in total. The summed E-state index contributed by atoms with van der Waals surface area (Å²) in [5, 5.41) is 4.23. The van der Waals surface area contributed by atoms with Crippen LogP contribution < -0.4 is 10.1 Å². The topological polar surface area (TPSA) is 92.8 Å². The van der Waals surface area contributed by atoms with E-state index in [4.69, 9.17) is 4.74 Å². The number of nitrogens with one attached hydrogen (secondary N) is 1. The van der Waals surface area contributed by atoms with E-state index in [2.05, 4.69) is 5.32 Å². The van der Waals surface area contributed by atoms with Crippen molar-refractivity contribution in [2.24, 2.45) is 0 Å². The number of ether oxygens (including phenoxy) is 1. The third-order valence-electron chi connectivity index (χ3n) is 5.77. The highest BCUT2D eigenvalue weighted by molar-refractivity contribution is 7.96. The Labute approximate surface area is 189 Å². The van der Waals surface area contributed by atoms with Crippen LogP contribution in [0.15, 0.2) is 34.5 Å². The molecule has 3 atom stereocenters. The molecule has 1 saturated heterocycles. The molecule has 0 aliphatic carbocycles. The van der Waals surface area contributed by atoms with E-state index in [-0.39, 0.29) is 22.4 Å². The van der Waals surface area contributed by atoms with Crippen LogP contribution in [0.4, 0.5) is 0 Å². The summed E-state index contributed by atoms with van der Waals surface area (Å²) in [7, 11) is -1.90. The minimum atomic E-state index is -3.87. The van der Waals surface area contributed by atoms with E-state index < -0.39 is 31.0 Å². The summed E-state index contributed by atoms with van der Waals surface area (Å²) in [5.74, 6) is 0.0497. The highest BCUT2D eigenvalue weighted by Gasteiger charge is 2.46. The van der Waals surface area contributed by atoms with Gasteiger partial charge in [-0.3, -0.25) is 0 Å². The maximum Gasteiger partial charge on any atom is 0.184 e. The van der Waals surface area contributed by atoms with Gasteiger partial charge < -0.3 is 15.0 Å². The zero-order valence-electron chi connectivity index (χ0n) is 18.5. The van der Waals surface area contributed by atoms with Gasteiger partial charge in [0.15, 0.2) is 19.7 Å². The Hall–Kier alpha value is -1.46. The molecular weight excluding hydrogens is 456 g/mol. The number of likely N-dealkylation sites (N-methyl/N-ethyl adjacent to an activating group) is 1. The predicted octanol–water partition coefficient (Wildman–Crippen LogP) is 2.21. The van der Waals surface area contributed by atoms with Gasteiger partial charge in [-0.05, 0) is 62.6 Å². The summed E-state index contributed by atoms with van der Waals surface area (Å²) in [6.07, 6.45) is 0. The van der Waals surface area contributed by atoms with Gasteiger partial charge in [-0.2, -0.15) is 0 Å². The fourth-order valence-electron chi connectivity index (χ4n) is 4.05. The van der Waals surface area contributed by atoms with E-state index in [0.29, 0.717) is 23.4 Å². The molecule has 0 amide bonds. The van der Waals surface area contributed by atoms with E-state index >= 15 is 0 Å². The van der Waals surface area contributed by atoms with Crippen molar-refractivity contribution in [1.82, 2.24) is 10.2 Å². The highest BCUT2D eigenvalue weighted by atomic mass is 32.2. The van der Waals surface area contributed by atoms with Crippen molar-refractivity contribution < 1.29 is 21.6 Å². The van der Waals surface area contributed by atoms with Crippen molar-refractivity contribution in [2.45, 2.75) is 36.1 Å². The fraction of sp³-hybridized carbons (Fsp3) is 0.524.